The van der Waals surface area contributed by atoms with Crippen molar-refractivity contribution in [3.63, 3.8) is 0 Å². The van der Waals surface area contributed by atoms with E-state index in [0.29, 0.717) is 0 Å². The van der Waals surface area contributed by atoms with Gasteiger partial charge in [0.1, 0.15) is 12.2 Å². The normalized spacial score (nSPS) is 14.1. The third-order valence-electron chi connectivity index (χ3n) is 1.24. The van der Waals surface area contributed by atoms with E-state index >= 15 is 0 Å². The Morgan fingerprint density at radius 2 is 1.88 bits per heavy atom. The fourth-order valence-corrected chi connectivity index (χ4v) is 0.759. The molecule has 0 spiro atoms. The molecule has 0 aromatic carbocycles. The van der Waals surface area contributed by atoms with Gasteiger partial charge in [-0.05, 0) is 20.8 Å². The van der Waals surface area contributed by atoms with Crippen molar-refractivity contribution >= 4 is 5.97 Å². The lowest BCUT2D eigenvalue weighted by molar-refractivity contribution is -0.206. The Labute approximate surface area is 91.9 Å². The Morgan fingerprint density at radius 3 is 2.19 bits per heavy atom. The van der Waals surface area contributed by atoms with Crippen LogP contribution in [-0.2, 0) is 14.3 Å². The Morgan fingerprint density at radius 1 is 1.38 bits per heavy atom. The Hall–Kier alpha value is -1.22. The third-order valence-corrected chi connectivity index (χ3v) is 1.24. The number of carbonyl (C=O) groups is 1. The summed E-state index contributed by atoms with van der Waals surface area (Å²) in [6.07, 6.45) is -2.45. The predicted molar refractivity (Wildman–Crippen MR) is 50.5 cm³/mol. The first kappa shape index (κ1) is 14.8. The molecule has 0 saturated carbocycles. The van der Waals surface area contributed by atoms with Crippen molar-refractivity contribution < 1.29 is 27.4 Å². The van der Waals surface area contributed by atoms with E-state index in [4.69, 9.17) is 4.74 Å². The molecule has 1 atom stereocenters. The second kappa shape index (κ2) is 5.21. The van der Waals surface area contributed by atoms with Crippen molar-refractivity contribution in [3.05, 3.63) is 0 Å². The molecule has 0 aliphatic heterocycles. The molecule has 0 aromatic rings. The summed E-state index contributed by atoms with van der Waals surface area (Å²) >= 11 is 0. The Kier molecular flexibility index (Phi) is 4.81. The van der Waals surface area contributed by atoms with Crippen molar-refractivity contribution in [1.29, 1.82) is 0 Å². The molecule has 3 nitrogen and oxygen atoms in total. The molecule has 0 radical (unpaired) electrons. The van der Waals surface area contributed by atoms with Crippen LogP contribution >= 0.6 is 0 Å². The van der Waals surface area contributed by atoms with Gasteiger partial charge in [-0.25, -0.2) is 4.79 Å². The molecule has 0 amide bonds. The van der Waals surface area contributed by atoms with Crippen LogP contribution in [0.15, 0.2) is 0 Å². The summed E-state index contributed by atoms with van der Waals surface area (Å²) in [4.78, 5) is 11.0. The van der Waals surface area contributed by atoms with Gasteiger partial charge in [0, 0.05) is 0 Å². The van der Waals surface area contributed by atoms with E-state index in [1.165, 1.54) is 5.92 Å². The van der Waals surface area contributed by atoms with E-state index in [1.807, 2.05) is 0 Å². The van der Waals surface area contributed by atoms with Crippen LogP contribution in [0.2, 0.25) is 0 Å². The molecular weight excluding hydrogens is 225 g/mol. The first-order valence-electron chi connectivity index (χ1n) is 4.42. The monoisotopic (exact) mass is 238 g/mol. The van der Waals surface area contributed by atoms with Gasteiger partial charge in [0.25, 0.3) is 0 Å². The lowest BCUT2D eigenvalue weighted by Gasteiger charge is -2.20. The van der Waals surface area contributed by atoms with E-state index in [-0.39, 0.29) is 0 Å². The number of rotatable bonds is 3. The third kappa shape index (κ3) is 6.30. The highest BCUT2D eigenvalue weighted by Crippen LogP contribution is 2.22. The summed E-state index contributed by atoms with van der Waals surface area (Å²) in [6, 6.07) is 0. The largest absolute Gasteiger partial charge is 0.458 e. The van der Waals surface area contributed by atoms with Gasteiger partial charge in [-0.3, -0.25) is 0 Å². The van der Waals surface area contributed by atoms with Gasteiger partial charge in [-0.15, -0.1) is 6.42 Å². The zero-order valence-electron chi connectivity index (χ0n) is 9.22. The smallest absolute Gasteiger partial charge is 0.426 e. The first-order chi connectivity index (χ1) is 7.06. The van der Waals surface area contributed by atoms with Crippen molar-refractivity contribution in [3.8, 4) is 12.3 Å². The van der Waals surface area contributed by atoms with Crippen LogP contribution in [0.4, 0.5) is 13.2 Å². The molecule has 0 aliphatic rings. The molecule has 1 unspecified atom stereocenters. The number of esters is 1. The minimum absolute atomic E-state index is 0.773. The highest BCUT2D eigenvalue weighted by atomic mass is 19.4. The molecule has 0 aromatic heterocycles. The number of terminal acetylenes is 1. The maximum atomic E-state index is 12.1. The summed E-state index contributed by atoms with van der Waals surface area (Å²) in [5, 5.41) is 0. The van der Waals surface area contributed by atoms with Crippen molar-refractivity contribution in [2.45, 2.75) is 38.7 Å². The van der Waals surface area contributed by atoms with Crippen LogP contribution in [0.5, 0.6) is 0 Å². The maximum absolute atomic E-state index is 12.1. The topological polar surface area (TPSA) is 35.5 Å². The number of hydrogen-bond acceptors (Lipinski definition) is 3. The van der Waals surface area contributed by atoms with Gasteiger partial charge in [-0.2, -0.15) is 13.2 Å². The summed E-state index contributed by atoms with van der Waals surface area (Å²) in [7, 11) is 0. The summed E-state index contributed by atoms with van der Waals surface area (Å²) in [6.45, 7) is 3.94. The fourth-order valence-electron chi connectivity index (χ4n) is 0.759. The van der Waals surface area contributed by atoms with Crippen LogP contribution in [0.3, 0.4) is 0 Å². The molecule has 16 heavy (non-hydrogen) atoms. The molecule has 6 heteroatoms. The van der Waals surface area contributed by atoms with Crippen LogP contribution < -0.4 is 0 Å². The highest BCUT2D eigenvalue weighted by Gasteiger charge is 2.40. The first-order valence-corrected chi connectivity index (χ1v) is 4.42. The second-order valence-electron chi connectivity index (χ2n) is 3.99. The van der Waals surface area contributed by atoms with Gasteiger partial charge in [0.05, 0.1) is 0 Å². The molecule has 0 N–H and O–H groups in total. The molecular formula is C10H13F3O3. The van der Waals surface area contributed by atoms with Crippen molar-refractivity contribution in [2.24, 2.45) is 0 Å². The number of hydrogen-bond donors (Lipinski definition) is 0. The van der Waals surface area contributed by atoms with Crippen LogP contribution in [0.1, 0.15) is 20.8 Å². The Balaban J connectivity index is 4.16. The minimum Gasteiger partial charge on any atom is -0.458 e. The van der Waals surface area contributed by atoms with Crippen molar-refractivity contribution in [1.82, 2.24) is 0 Å². The highest BCUT2D eigenvalue weighted by molar-refractivity contribution is 5.71. The zero-order valence-corrected chi connectivity index (χ0v) is 9.22. The van der Waals surface area contributed by atoms with Crippen molar-refractivity contribution in [2.75, 3.05) is 6.61 Å². The molecule has 0 saturated heterocycles. The fraction of sp³-hybridized carbons (Fsp3) is 0.700. The van der Waals surface area contributed by atoms with E-state index in [1.54, 1.807) is 20.8 Å². The van der Waals surface area contributed by atoms with Gasteiger partial charge in [0.2, 0.25) is 6.10 Å². The lowest BCUT2D eigenvalue weighted by atomic mass is 10.2. The van der Waals surface area contributed by atoms with Crippen LogP contribution in [0, 0.1) is 12.3 Å². The Bertz CT molecular complexity index is 283. The van der Waals surface area contributed by atoms with Crippen LogP contribution in [-0.4, -0.2) is 30.5 Å². The number of ether oxygens (including phenoxy) is 2. The minimum atomic E-state index is -4.68. The molecule has 0 fully saturated rings. The van der Waals surface area contributed by atoms with Gasteiger partial charge < -0.3 is 9.47 Å². The number of carbonyl (C=O) groups excluding carboxylic acids is 1. The van der Waals surface area contributed by atoms with Crippen LogP contribution in [0.25, 0.3) is 0 Å². The number of alkyl halides is 3. The summed E-state index contributed by atoms with van der Waals surface area (Å²) < 4.78 is 45.2. The molecule has 0 aliphatic carbocycles. The quantitative estimate of drug-likeness (QED) is 0.556. The molecule has 0 heterocycles. The zero-order chi connectivity index (χ0) is 13.0. The average molecular weight is 238 g/mol. The van der Waals surface area contributed by atoms with Gasteiger partial charge in [0.15, 0.2) is 0 Å². The maximum Gasteiger partial charge on any atom is 0.426 e. The lowest BCUT2D eigenvalue weighted by Crippen LogP contribution is -2.34. The van der Waals surface area contributed by atoms with E-state index in [9.17, 15) is 18.0 Å². The van der Waals surface area contributed by atoms with Gasteiger partial charge in [-0.1, -0.05) is 5.92 Å². The molecule has 92 valence electrons. The standard InChI is InChI=1S/C10H13F3O3/c1-5-7(10(11,12)13)15-6-8(14)16-9(2,3)4/h1,7H,6H2,2-4H3. The predicted octanol–water partition coefficient (Wildman–Crippen LogP) is 1.91. The summed E-state index contributed by atoms with van der Waals surface area (Å²) in [5.41, 5.74) is -0.773. The van der Waals surface area contributed by atoms with E-state index in [0.717, 1.165) is 0 Å². The molecule has 0 rings (SSSR count). The number of halogens is 3. The molecule has 0 bridgehead atoms. The second-order valence-corrected chi connectivity index (χ2v) is 3.99. The van der Waals surface area contributed by atoms with Gasteiger partial charge >= 0.3 is 12.1 Å². The summed E-state index contributed by atoms with van der Waals surface area (Å²) in [5.74, 6) is 0.514. The van der Waals surface area contributed by atoms with E-state index in [2.05, 4.69) is 11.2 Å². The average Bonchev–Trinajstić information content (AvgIpc) is 1.98. The SMILES string of the molecule is C#CC(OCC(=O)OC(C)(C)C)C(F)(F)F. The van der Waals surface area contributed by atoms with E-state index < -0.39 is 30.5 Å².